The van der Waals surface area contributed by atoms with Crippen molar-refractivity contribution in [3.63, 3.8) is 0 Å². The largest absolute Gasteiger partial charge is 0.504 e. The number of benzene rings is 2. The highest BCUT2D eigenvalue weighted by molar-refractivity contribution is 9.10. The van der Waals surface area contributed by atoms with Crippen molar-refractivity contribution in [1.29, 1.82) is 0 Å². The summed E-state index contributed by atoms with van der Waals surface area (Å²) in [5.41, 5.74) is 8.12. The van der Waals surface area contributed by atoms with Crippen molar-refractivity contribution in [2.75, 3.05) is 10.6 Å². The van der Waals surface area contributed by atoms with Gasteiger partial charge >= 0.3 is 12.1 Å². The van der Waals surface area contributed by atoms with Crippen LogP contribution < -0.4 is 26.8 Å². The predicted molar refractivity (Wildman–Crippen MR) is 124 cm³/mol. The number of primary amides is 2. The van der Waals surface area contributed by atoms with E-state index in [0.717, 1.165) is 0 Å². The maximum Gasteiger partial charge on any atom is 0.323 e. The summed E-state index contributed by atoms with van der Waals surface area (Å²) in [7, 11) is -4.11. The Hall–Kier alpha value is -2.54. The van der Waals surface area contributed by atoms with Gasteiger partial charge in [-0.1, -0.05) is 23.7 Å². The number of phenolic OH excluding ortho intramolecular Hbond substituents is 1. The van der Waals surface area contributed by atoms with Gasteiger partial charge in [-0.05, 0) is 61.0 Å². The lowest BCUT2D eigenvalue weighted by Crippen LogP contribution is -2.40. The summed E-state index contributed by atoms with van der Waals surface area (Å²) in [5.74, 6) is -0.651. The number of anilines is 2. The topological polar surface area (TPSA) is 177 Å². The number of carbonyl (C=O) groups excluding carboxylic acids is 2. The Kier molecular flexibility index (Phi) is 9.11. The van der Waals surface area contributed by atoms with Crippen molar-refractivity contribution < 1.29 is 23.1 Å². The number of hydrogen-bond donors (Lipinski definition) is 6. The number of rotatable bonds is 4. The first-order valence-electron chi connectivity index (χ1n) is 8.57. The van der Waals surface area contributed by atoms with Crippen LogP contribution in [0.2, 0.25) is 5.02 Å². The van der Waals surface area contributed by atoms with Crippen LogP contribution in [0.1, 0.15) is 20.8 Å². The van der Waals surface area contributed by atoms with E-state index in [1.165, 1.54) is 12.1 Å². The van der Waals surface area contributed by atoms with E-state index in [1.54, 1.807) is 45.0 Å². The van der Waals surface area contributed by atoms with Crippen molar-refractivity contribution >= 4 is 61.0 Å². The lowest BCUT2D eigenvalue weighted by Gasteiger charge is -2.22. The molecule has 8 N–H and O–H groups in total. The van der Waals surface area contributed by atoms with Crippen LogP contribution in [0.3, 0.4) is 0 Å². The molecule has 0 aromatic heterocycles. The highest BCUT2D eigenvalue weighted by Gasteiger charge is 2.29. The van der Waals surface area contributed by atoms with Crippen LogP contribution in [0.25, 0.3) is 0 Å². The molecule has 0 saturated heterocycles. The number of amides is 4. The van der Waals surface area contributed by atoms with Gasteiger partial charge in [0.25, 0.3) is 0 Å². The molecule has 4 amide bonds. The average molecular weight is 537 g/mol. The second kappa shape index (κ2) is 10.7. The SMILES string of the molecule is CC(C)(C)NS(=O)(=O)c1c(Cl)ccc(NC(=O)Nc2ccccc2Br)c1O.NC(N)=O. The first kappa shape index (κ1) is 26.5. The summed E-state index contributed by atoms with van der Waals surface area (Å²) < 4.78 is 28.2. The van der Waals surface area contributed by atoms with Crippen LogP contribution in [-0.2, 0) is 10.0 Å². The van der Waals surface area contributed by atoms with Crippen LogP contribution in [-0.4, -0.2) is 31.1 Å². The van der Waals surface area contributed by atoms with Crippen LogP contribution in [0.4, 0.5) is 21.0 Å². The van der Waals surface area contributed by atoms with E-state index in [2.05, 4.69) is 42.8 Å². The number of phenols is 1. The van der Waals surface area contributed by atoms with Crippen LogP contribution in [0, 0.1) is 0 Å². The first-order valence-corrected chi connectivity index (χ1v) is 11.2. The van der Waals surface area contributed by atoms with E-state index in [9.17, 15) is 18.3 Å². The molecule has 2 aromatic rings. The number of nitrogens with two attached hydrogens (primary N) is 2. The van der Waals surface area contributed by atoms with Gasteiger partial charge in [-0.2, -0.15) is 0 Å². The number of halogens is 2. The lowest BCUT2D eigenvalue weighted by atomic mass is 10.1. The molecule has 0 aliphatic carbocycles. The van der Waals surface area contributed by atoms with Gasteiger partial charge in [-0.3, -0.25) is 0 Å². The number of carbonyl (C=O) groups is 2. The number of aromatic hydroxyl groups is 1. The molecule has 2 rings (SSSR count). The summed E-state index contributed by atoms with van der Waals surface area (Å²) in [5, 5.41) is 15.3. The molecule has 0 heterocycles. The van der Waals surface area contributed by atoms with Crippen molar-refractivity contribution in [3.8, 4) is 5.75 Å². The predicted octanol–water partition coefficient (Wildman–Crippen LogP) is 3.55. The number of para-hydroxylation sites is 1. The lowest BCUT2D eigenvalue weighted by molar-refractivity contribution is 0.256. The summed E-state index contributed by atoms with van der Waals surface area (Å²) in [4.78, 5) is 20.7. The minimum atomic E-state index is -4.11. The Labute approximate surface area is 193 Å². The van der Waals surface area contributed by atoms with Gasteiger partial charge in [0.1, 0.15) is 4.90 Å². The van der Waals surface area contributed by atoms with E-state index in [1.807, 2.05) is 0 Å². The molecule has 170 valence electrons. The molecule has 0 radical (unpaired) electrons. The van der Waals surface area contributed by atoms with Gasteiger partial charge < -0.3 is 27.2 Å². The number of sulfonamides is 1. The zero-order valence-electron chi connectivity index (χ0n) is 16.9. The molecule has 0 saturated carbocycles. The minimum absolute atomic E-state index is 0.0989. The summed E-state index contributed by atoms with van der Waals surface area (Å²) in [6.07, 6.45) is 0. The van der Waals surface area contributed by atoms with Crippen molar-refractivity contribution in [2.24, 2.45) is 11.5 Å². The molecule has 0 unspecified atom stereocenters. The van der Waals surface area contributed by atoms with Crippen molar-refractivity contribution in [3.05, 3.63) is 45.9 Å². The first-order chi connectivity index (χ1) is 14.1. The Balaban J connectivity index is 0.00000110. The number of urea groups is 2. The zero-order chi connectivity index (χ0) is 24.0. The van der Waals surface area contributed by atoms with Gasteiger partial charge in [0.2, 0.25) is 10.0 Å². The quantitative estimate of drug-likeness (QED) is 0.327. The van der Waals surface area contributed by atoms with Crippen molar-refractivity contribution in [1.82, 2.24) is 4.72 Å². The molecule has 0 spiro atoms. The Morgan fingerprint density at radius 1 is 1.03 bits per heavy atom. The highest BCUT2D eigenvalue weighted by atomic mass is 79.9. The number of hydrogen-bond acceptors (Lipinski definition) is 5. The molecule has 0 aliphatic heterocycles. The Morgan fingerprint density at radius 2 is 1.55 bits per heavy atom. The number of nitrogens with one attached hydrogen (secondary N) is 3. The highest BCUT2D eigenvalue weighted by Crippen LogP contribution is 2.37. The summed E-state index contributed by atoms with van der Waals surface area (Å²) in [6, 6.07) is 8.05. The van der Waals surface area contributed by atoms with Gasteiger partial charge in [0, 0.05) is 10.0 Å². The maximum atomic E-state index is 12.6. The van der Waals surface area contributed by atoms with E-state index in [0.29, 0.717) is 10.2 Å². The molecule has 0 fully saturated rings. The maximum absolute atomic E-state index is 12.6. The minimum Gasteiger partial charge on any atom is -0.504 e. The molecule has 2 aromatic carbocycles. The van der Waals surface area contributed by atoms with E-state index < -0.39 is 38.3 Å². The molecule has 13 heteroatoms. The molecule has 0 aliphatic rings. The third-order valence-corrected chi connectivity index (χ3v) is 6.11. The second-order valence-corrected chi connectivity index (χ2v) is 9.97. The molecule has 31 heavy (non-hydrogen) atoms. The normalized spacial score (nSPS) is 11.1. The fourth-order valence-electron chi connectivity index (χ4n) is 2.20. The van der Waals surface area contributed by atoms with Crippen LogP contribution in [0.15, 0.2) is 45.8 Å². The third-order valence-electron chi connectivity index (χ3n) is 3.16. The van der Waals surface area contributed by atoms with Gasteiger partial charge in [0.15, 0.2) is 5.75 Å². The van der Waals surface area contributed by atoms with Gasteiger partial charge in [-0.15, -0.1) is 0 Å². The summed E-state index contributed by atoms with van der Waals surface area (Å²) in [6.45, 7) is 4.97. The average Bonchev–Trinajstić information content (AvgIpc) is 2.56. The monoisotopic (exact) mass is 535 g/mol. The molecule has 0 atom stereocenters. The van der Waals surface area contributed by atoms with Gasteiger partial charge in [0.05, 0.1) is 16.4 Å². The van der Waals surface area contributed by atoms with E-state index in [-0.39, 0.29) is 10.7 Å². The molecule has 10 nitrogen and oxygen atoms in total. The molecule has 0 bridgehead atoms. The third kappa shape index (κ3) is 8.61. The Bertz CT molecular complexity index is 1070. The van der Waals surface area contributed by atoms with Crippen molar-refractivity contribution in [2.45, 2.75) is 31.2 Å². The molecular formula is C18H23BrClN5O5S. The van der Waals surface area contributed by atoms with E-state index >= 15 is 0 Å². The fraction of sp³-hybridized carbons (Fsp3) is 0.222. The van der Waals surface area contributed by atoms with E-state index in [4.69, 9.17) is 16.4 Å². The van der Waals surface area contributed by atoms with Gasteiger partial charge in [-0.25, -0.2) is 22.7 Å². The smallest absolute Gasteiger partial charge is 0.323 e. The van der Waals surface area contributed by atoms with Crippen LogP contribution >= 0.6 is 27.5 Å². The second-order valence-electron chi connectivity index (χ2n) is 7.09. The molecular weight excluding hydrogens is 514 g/mol. The van der Waals surface area contributed by atoms with Crippen LogP contribution in [0.5, 0.6) is 5.75 Å². The summed E-state index contributed by atoms with van der Waals surface area (Å²) >= 11 is 9.29. The zero-order valence-corrected chi connectivity index (χ0v) is 20.0. The standard InChI is InChI=1S/C17H19BrClN3O4S.CH4N2O/c1-17(2,3)22-27(25,26)15-11(19)8-9-13(14(15)23)21-16(24)20-12-7-5-4-6-10(12)18;2-1(3)4/h4-9,22-23H,1-3H3,(H2,20,21,24);(H4,2,3,4). The Morgan fingerprint density at radius 3 is 2.06 bits per heavy atom. The fourth-order valence-corrected chi connectivity index (χ4v) is 4.63.